The van der Waals surface area contributed by atoms with E-state index in [0.717, 1.165) is 0 Å². The van der Waals surface area contributed by atoms with Crippen molar-refractivity contribution in [3.63, 3.8) is 0 Å². The normalized spacial score (nSPS) is 31.9. The van der Waals surface area contributed by atoms with Gasteiger partial charge in [-0.1, -0.05) is 6.92 Å². The molecule has 6 nitrogen and oxygen atoms in total. The summed E-state index contributed by atoms with van der Waals surface area (Å²) in [5.74, 6) is -3.20. The molecule has 4 atom stereocenters. The van der Waals surface area contributed by atoms with E-state index in [0.29, 0.717) is 0 Å². The van der Waals surface area contributed by atoms with Gasteiger partial charge in [-0.3, -0.25) is 14.4 Å². The molecule has 96 valence electrons. The second-order valence-corrected chi connectivity index (χ2v) is 4.40. The minimum Gasteiger partial charge on any atom is -0.481 e. The molecule has 17 heavy (non-hydrogen) atoms. The van der Waals surface area contributed by atoms with E-state index in [9.17, 15) is 14.4 Å². The highest BCUT2D eigenvalue weighted by molar-refractivity contribution is 5.80. The molecule has 0 aliphatic heterocycles. The monoisotopic (exact) mass is 243 g/mol. The van der Waals surface area contributed by atoms with Gasteiger partial charge >= 0.3 is 11.9 Å². The molecule has 6 heteroatoms. The Kier molecular flexibility index (Phi) is 4.09. The molecule has 0 aromatic carbocycles. The quantitative estimate of drug-likeness (QED) is 0.682. The van der Waals surface area contributed by atoms with Gasteiger partial charge in [0.1, 0.15) is 0 Å². The summed E-state index contributed by atoms with van der Waals surface area (Å²) in [5.41, 5.74) is 0. The summed E-state index contributed by atoms with van der Waals surface area (Å²) in [6, 6.07) is -0.471. The molecule has 1 fully saturated rings. The lowest BCUT2D eigenvalue weighted by Gasteiger charge is -2.22. The number of hydrogen-bond donors (Lipinski definition) is 2. The van der Waals surface area contributed by atoms with E-state index < -0.39 is 29.8 Å². The Morgan fingerprint density at radius 2 is 1.88 bits per heavy atom. The second-order valence-electron chi connectivity index (χ2n) is 4.40. The molecule has 1 rings (SSSR count). The van der Waals surface area contributed by atoms with Crippen molar-refractivity contribution in [2.75, 3.05) is 7.11 Å². The number of carbonyl (C=O) groups excluding carboxylic acids is 2. The van der Waals surface area contributed by atoms with Crippen molar-refractivity contribution < 1.29 is 24.2 Å². The van der Waals surface area contributed by atoms with Crippen molar-refractivity contribution in [2.24, 2.45) is 17.8 Å². The number of nitrogens with one attached hydrogen (secondary N) is 1. The molecule has 1 aliphatic carbocycles. The highest BCUT2D eigenvalue weighted by atomic mass is 16.5. The minimum atomic E-state index is -0.945. The third kappa shape index (κ3) is 2.75. The van der Waals surface area contributed by atoms with Gasteiger partial charge < -0.3 is 15.2 Å². The molecule has 0 heterocycles. The fourth-order valence-corrected chi connectivity index (χ4v) is 2.44. The smallest absolute Gasteiger partial charge is 0.310 e. The zero-order chi connectivity index (χ0) is 13.2. The van der Waals surface area contributed by atoms with Crippen LogP contribution in [0.5, 0.6) is 0 Å². The highest BCUT2D eigenvalue weighted by Crippen LogP contribution is 2.37. The van der Waals surface area contributed by atoms with Crippen LogP contribution in [0.15, 0.2) is 0 Å². The average Bonchev–Trinajstić information content (AvgIpc) is 2.55. The lowest BCUT2D eigenvalue weighted by molar-refractivity contribution is -0.146. The van der Waals surface area contributed by atoms with Crippen LogP contribution in [0.4, 0.5) is 0 Å². The molecule has 0 bridgehead atoms. The van der Waals surface area contributed by atoms with Gasteiger partial charge in [0.05, 0.1) is 18.9 Å². The highest BCUT2D eigenvalue weighted by Gasteiger charge is 2.48. The average molecular weight is 243 g/mol. The van der Waals surface area contributed by atoms with Crippen molar-refractivity contribution in [1.82, 2.24) is 5.32 Å². The van der Waals surface area contributed by atoms with Crippen LogP contribution in [0, 0.1) is 17.8 Å². The molecule has 1 saturated carbocycles. The van der Waals surface area contributed by atoms with Crippen molar-refractivity contribution in [1.29, 1.82) is 0 Å². The molecule has 0 aromatic heterocycles. The number of rotatable bonds is 3. The summed E-state index contributed by atoms with van der Waals surface area (Å²) in [7, 11) is 1.26. The first-order valence-corrected chi connectivity index (χ1v) is 5.46. The van der Waals surface area contributed by atoms with Gasteiger partial charge in [-0.2, -0.15) is 0 Å². The van der Waals surface area contributed by atoms with E-state index in [1.54, 1.807) is 6.92 Å². The number of carbonyl (C=O) groups is 3. The van der Waals surface area contributed by atoms with E-state index in [4.69, 9.17) is 5.11 Å². The summed E-state index contributed by atoms with van der Waals surface area (Å²) < 4.78 is 4.64. The van der Waals surface area contributed by atoms with Crippen LogP contribution in [0.3, 0.4) is 0 Å². The predicted molar refractivity (Wildman–Crippen MR) is 58.0 cm³/mol. The number of carboxylic acids is 1. The molecule has 0 aromatic rings. The third-order valence-corrected chi connectivity index (χ3v) is 3.33. The SMILES string of the molecule is COC(=O)[C@@H]1C[C@H](C(=O)O)[C@H](C)[C@H]1NC(C)=O. The number of amides is 1. The van der Waals surface area contributed by atoms with Crippen molar-refractivity contribution in [3.05, 3.63) is 0 Å². The van der Waals surface area contributed by atoms with Crippen LogP contribution in [-0.2, 0) is 19.1 Å². The molecular weight excluding hydrogens is 226 g/mol. The summed E-state index contributed by atoms with van der Waals surface area (Å²) in [5, 5.41) is 11.7. The first-order chi connectivity index (χ1) is 7.88. The fraction of sp³-hybridized carbons (Fsp3) is 0.727. The number of ether oxygens (including phenoxy) is 1. The predicted octanol–water partition coefficient (Wildman–Crippen LogP) is 0.0209. The van der Waals surface area contributed by atoms with Crippen LogP contribution < -0.4 is 5.32 Å². The second kappa shape index (κ2) is 5.16. The van der Waals surface area contributed by atoms with E-state index in [1.165, 1.54) is 14.0 Å². The zero-order valence-corrected chi connectivity index (χ0v) is 10.1. The number of esters is 1. The molecule has 0 unspecified atom stereocenters. The maximum atomic E-state index is 11.6. The molecule has 1 aliphatic rings. The maximum absolute atomic E-state index is 11.6. The zero-order valence-electron chi connectivity index (χ0n) is 10.1. The molecule has 1 amide bonds. The van der Waals surface area contributed by atoms with Crippen LogP contribution in [0.25, 0.3) is 0 Å². The standard InChI is InChI=1S/C11H17NO5/c1-5-7(10(14)15)4-8(11(16)17-3)9(5)12-6(2)13/h5,7-9H,4H2,1-3H3,(H,12,13)(H,14,15)/t5-,7-,8+,9+/m0/s1. The van der Waals surface area contributed by atoms with Crippen LogP contribution in [0.2, 0.25) is 0 Å². The Balaban J connectivity index is 2.90. The van der Waals surface area contributed by atoms with E-state index in [1.807, 2.05) is 0 Å². The Bertz CT molecular complexity index is 341. The van der Waals surface area contributed by atoms with E-state index in [-0.39, 0.29) is 18.2 Å². The van der Waals surface area contributed by atoms with Gasteiger partial charge in [-0.25, -0.2) is 0 Å². The molecule has 2 N–H and O–H groups in total. The lowest BCUT2D eigenvalue weighted by Crippen LogP contribution is -2.43. The maximum Gasteiger partial charge on any atom is 0.310 e. The largest absolute Gasteiger partial charge is 0.481 e. The van der Waals surface area contributed by atoms with Gasteiger partial charge in [-0.05, 0) is 12.3 Å². The van der Waals surface area contributed by atoms with Gasteiger partial charge in [0.2, 0.25) is 5.91 Å². The molecular formula is C11H17NO5. The van der Waals surface area contributed by atoms with Gasteiger partial charge in [0.25, 0.3) is 0 Å². The first kappa shape index (κ1) is 13.5. The van der Waals surface area contributed by atoms with E-state index >= 15 is 0 Å². The molecule has 0 spiro atoms. The molecule has 0 saturated heterocycles. The summed E-state index contributed by atoms with van der Waals surface area (Å²) in [4.78, 5) is 33.7. The Hall–Kier alpha value is -1.59. The summed E-state index contributed by atoms with van der Waals surface area (Å²) in [6.45, 7) is 3.07. The van der Waals surface area contributed by atoms with Gasteiger partial charge in [0, 0.05) is 13.0 Å². The minimum absolute atomic E-state index is 0.203. The molecule has 0 radical (unpaired) electrons. The van der Waals surface area contributed by atoms with Gasteiger partial charge in [-0.15, -0.1) is 0 Å². The first-order valence-electron chi connectivity index (χ1n) is 5.46. The Labute approximate surface area is 99.3 Å². The lowest BCUT2D eigenvalue weighted by atomic mass is 9.95. The number of aliphatic carboxylic acids is 1. The van der Waals surface area contributed by atoms with Crippen LogP contribution in [-0.4, -0.2) is 36.1 Å². The van der Waals surface area contributed by atoms with E-state index in [2.05, 4.69) is 10.1 Å². The van der Waals surface area contributed by atoms with Crippen molar-refractivity contribution in [3.8, 4) is 0 Å². The number of methoxy groups -OCH3 is 1. The topological polar surface area (TPSA) is 92.7 Å². The number of carboxylic acid groups (broad SMARTS) is 1. The van der Waals surface area contributed by atoms with Crippen LogP contribution in [0.1, 0.15) is 20.3 Å². The summed E-state index contributed by atoms with van der Waals surface area (Å²) >= 11 is 0. The third-order valence-electron chi connectivity index (χ3n) is 3.33. The van der Waals surface area contributed by atoms with Crippen LogP contribution >= 0.6 is 0 Å². The van der Waals surface area contributed by atoms with Gasteiger partial charge in [0.15, 0.2) is 0 Å². The number of hydrogen-bond acceptors (Lipinski definition) is 4. The van der Waals surface area contributed by atoms with Crippen molar-refractivity contribution >= 4 is 17.8 Å². The fourth-order valence-electron chi connectivity index (χ4n) is 2.44. The van der Waals surface area contributed by atoms with Crippen molar-refractivity contribution in [2.45, 2.75) is 26.3 Å². The Morgan fingerprint density at radius 3 is 2.29 bits per heavy atom. The summed E-state index contributed by atoms with van der Waals surface area (Å²) in [6.07, 6.45) is 0.203. The Morgan fingerprint density at radius 1 is 1.29 bits per heavy atom.